The van der Waals surface area contributed by atoms with Crippen LogP contribution >= 0.6 is 0 Å². The molecule has 0 fully saturated rings. The zero-order valence-corrected chi connectivity index (χ0v) is 18.2. The van der Waals surface area contributed by atoms with Gasteiger partial charge in [-0.25, -0.2) is 0 Å². The molecule has 3 N–H and O–H groups in total. The Labute approximate surface area is 170 Å². The van der Waals surface area contributed by atoms with Gasteiger partial charge in [-0.3, -0.25) is 9.80 Å². The average molecular weight is 411 g/mol. The van der Waals surface area contributed by atoms with Gasteiger partial charge in [-0.15, -0.1) is 0 Å². The van der Waals surface area contributed by atoms with Crippen molar-refractivity contribution in [1.29, 1.82) is 0 Å². The molecule has 28 heavy (non-hydrogen) atoms. The summed E-state index contributed by atoms with van der Waals surface area (Å²) < 4.78 is 21.5. The summed E-state index contributed by atoms with van der Waals surface area (Å²) >= 11 is 0. The molecule has 4 atom stereocenters. The van der Waals surface area contributed by atoms with Crippen LogP contribution in [0, 0.1) is 0 Å². The van der Waals surface area contributed by atoms with Crippen molar-refractivity contribution >= 4 is 0 Å². The fourth-order valence-corrected chi connectivity index (χ4v) is 3.13. The Hall–Kier alpha value is -0.360. The Morgan fingerprint density at radius 1 is 0.571 bits per heavy atom. The smallest absolute Gasteiger partial charge is 0.143 e. The molecule has 0 aliphatic heterocycles. The molecule has 170 valence electrons. The second-order valence-corrected chi connectivity index (χ2v) is 7.10. The van der Waals surface area contributed by atoms with Gasteiger partial charge in [-0.2, -0.15) is 0 Å². The third kappa shape index (κ3) is 14.6. The molecule has 9 heteroatoms. The lowest BCUT2D eigenvalue weighted by Crippen LogP contribution is -2.45. The maximum absolute atomic E-state index is 8.99. The largest absolute Gasteiger partial charge is 0.377 e. The van der Waals surface area contributed by atoms with Crippen molar-refractivity contribution in [2.24, 2.45) is 0 Å². The van der Waals surface area contributed by atoms with Crippen molar-refractivity contribution in [2.75, 3.05) is 66.3 Å². The van der Waals surface area contributed by atoms with E-state index in [4.69, 9.17) is 34.3 Å². The number of aliphatic hydroxyl groups is 3. The van der Waals surface area contributed by atoms with Gasteiger partial charge in [0, 0.05) is 45.9 Å². The molecule has 0 saturated heterocycles. The Kier molecular flexibility index (Phi) is 17.3. The highest BCUT2D eigenvalue weighted by Crippen LogP contribution is 2.05. The molecule has 0 heterocycles. The monoisotopic (exact) mass is 410 g/mol. The first-order valence-electron chi connectivity index (χ1n) is 10.1. The SMILES string of the molecule is CCOC(C)CN(CCN(CC(C)OCO)CC(C)OCO)CC(C)OCO. The van der Waals surface area contributed by atoms with Crippen LogP contribution in [0.5, 0.6) is 0 Å². The van der Waals surface area contributed by atoms with Crippen molar-refractivity contribution in [1.82, 2.24) is 9.80 Å². The maximum atomic E-state index is 8.99. The Bertz CT molecular complexity index is 292. The topological polar surface area (TPSA) is 104 Å². The van der Waals surface area contributed by atoms with Crippen LogP contribution in [-0.4, -0.2) is 116 Å². The number of hydrogen-bond acceptors (Lipinski definition) is 9. The van der Waals surface area contributed by atoms with Crippen LogP contribution in [0.3, 0.4) is 0 Å². The summed E-state index contributed by atoms with van der Waals surface area (Å²) in [6, 6.07) is 0. The van der Waals surface area contributed by atoms with Gasteiger partial charge in [-0.05, 0) is 34.6 Å². The van der Waals surface area contributed by atoms with Crippen LogP contribution in [-0.2, 0) is 18.9 Å². The minimum Gasteiger partial charge on any atom is -0.377 e. The van der Waals surface area contributed by atoms with Crippen LogP contribution < -0.4 is 0 Å². The first-order chi connectivity index (χ1) is 13.4. The van der Waals surface area contributed by atoms with Crippen molar-refractivity contribution in [2.45, 2.75) is 59.0 Å². The third-order valence-corrected chi connectivity index (χ3v) is 4.32. The number of hydrogen-bond donors (Lipinski definition) is 3. The van der Waals surface area contributed by atoms with Crippen molar-refractivity contribution < 1.29 is 34.3 Å². The summed E-state index contributed by atoms with van der Waals surface area (Å²) in [5.41, 5.74) is 0. The lowest BCUT2D eigenvalue weighted by molar-refractivity contribution is -0.0756. The number of nitrogens with zero attached hydrogens (tertiary/aromatic N) is 2. The van der Waals surface area contributed by atoms with E-state index in [2.05, 4.69) is 9.80 Å². The molecular formula is C19H42N2O7. The summed E-state index contributed by atoms with van der Waals surface area (Å²) in [6.07, 6.45) is -0.258. The predicted molar refractivity (Wildman–Crippen MR) is 107 cm³/mol. The molecule has 0 bridgehead atoms. The molecule has 0 aromatic rings. The molecule has 4 unspecified atom stereocenters. The number of rotatable bonds is 19. The van der Waals surface area contributed by atoms with E-state index in [0.717, 1.165) is 19.6 Å². The van der Waals surface area contributed by atoms with Crippen LogP contribution in [0.4, 0.5) is 0 Å². The van der Waals surface area contributed by atoms with Gasteiger partial charge in [0.05, 0.1) is 24.4 Å². The fourth-order valence-electron chi connectivity index (χ4n) is 3.13. The first-order valence-corrected chi connectivity index (χ1v) is 10.1. The van der Waals surface area contributed by atoms with Crippen LogP contribution in [0.15, 0.2) is 0 Å². The Balaban J connectivity index is 4.86. The normalized spacial score (nSPS) is 16.5. The van der Waals surface area contributed by atoms with Crippen LogP contribution in [0.1, 0.15) is 34.6 Å². The highest BCUT2D eigenvalue weighted by atomic mass is 16.6. The van der Waals surface area contributed by atoms with E-state index < -0.39 is 0 Å². The minimum absolute atomic E-state index is 0.0908. The first kappa shape index (κ1) is 27.6. The highest BCUT2D eigenvalue weighted by molar-refractivity contribution is 4.72. The van der Waals surface area contributed by atoms with E-state index >= 15 is 0 Å². The van der Waals surface area contributed by atoms with Crippen molar-refractivity contribution in [3.05, 3.63) is 0 Å². The standard InChI is InChI=1S/C19H42N2O7/c1-6-25-16(2)9-20(10-17(3)26-13-22)7-8-21(11-18(4)27-14-23)12-19(5)28-15-24/h16-19,22-24H,6-15H2,1-5H3. The summed E-state index contributed by atoms with van der Waals surface area (Å²) in [6.45, 7) is 13.7. The predicted octanol–water partition coefficient (Wildman–Crippen LogP) is 0.0801. The minimum atomic E-state index is -0.314. The molecule has 0 rings (SSSR count). The quantitative estimate of drug-likeness (QED) is 0.255. The van der Waals surface area contributed by atoms with Gasteiger partial charge >= 0.3 is 0 Å². The van der Waals surface area contributed by atoms with Crippen molar-refractivity contribution in [3.8, 4) is 0 Å². The van der Waals surface area contributed by atoms with Gasteiger partial charge in [0.25, 0.3) is 0 Å². The summed E-state index contributed by atoms with van der Waals surface area (Å²) in [7, 11) is 0. The number of ether oxygens (including phenoxy) is 4. The van der Waals surface area contributed by atoms with Gasteiger partial charge in [-0.1, -0.05) is 0 Å². The van der Waals surface area contributed by atoms with E-state index in [1.54, 1.807) is 0 Å². The van der Waals surface area contributed by atoms with Gasteiger partial charge in [0.2, 0.25) is 0 Å². The molecule has 0 aromatic carbocycles. The fraction of sp³-hybridized carbons (Fsp3) is 1.00. The van der Waals surface area contributed by atoms with Gasteiger partial charge in [0.1, 0.15) is 20.4 Å². The molecule has 0 aliphatic rings. The molecule has 0 aliphatic carbocycles. The second-order valence-electron chi connectivity index (χ2n) is 7.10. The molecule has 0 aromatic heterocycles. The van der Waals surface area contributed by atoms with Gasteiger partial charge < -0.3 is 34.3 Å². The average Bonchev–Trinajstić information content (AvgIpc) is 2.60. The summed E-state index contributed by atoms with van der Waals surface area (Å²) in [4.78, 5) is 4.44. The summed E-state index contributed by atoms with van der Waals surface area (Å²) in [5, 5.41) is 26.9. The molecular weight excluding hydrogens is 368 g/mol. The second kappa shape index (κ2) is 17.5. The van der Waals surface area contributed by atoms with E-state index in [0.29, 0.717) is 26.2 Å². The van der Waals surface area contributed by atoms with Crippen LogP contribution in [0.2, 0.25) is 0 Å². The highest BCUT2D eigenvalue weighted by Gasteiger charge is 2.18. The Morgan fingerprint density at radius 2 is 0.857 bits per heavy atom. The van der Waals surface area contributed by atoms with Crippen molar-refractivity contribution in [3.63, 3.8) is 0 Å². The number of aliphatic hydroxyl groups excluding tert-OH is 3. The van der Waals surface area contributed by atoms with Gasteiger partial charge in [0.15, 0.2) is 0 Å². The van der Waals surface area contributed by atoms with E-state index in [1.165, 1.54) is 0 Å². The zero-order chi connectivity index (χ0) is 21.4. The van der Waals surface area contributed by atoms with E-state index in [1.807, 2.05) is 34.6 Å². The Morgan fingerprint density at radius 3 is 1.11 bits per heavy atom. The molecule has 0 spiro atoms. The lowest BCUT2D eigenvalue weighted by atomic mass is 10.2. The molecule has 0 amide bonds. The maximum Gasteiger partial charge on any atom is 0.143 e. The molecule has 9 nitrogen and oxygen atoms in total. The summed E-state index contributed by atoms with van der Waals surface area (Å²) in [5.74, 6) is 0. The lowest BCUT2D eigenvalue weighted by Gasteiger charge is -2.32. The van der Waals surface area contributed by atoms with E-state index in [-0.39, 0.29) is 44.8 Å². The van der Waals surface area contributed by atoms with E-state index in [9.17, 15) is 0 Å². The zero-order valence-electron chi connectivity index (χ0n) is 18.2. The molecule has 0 radical (unpaired) electrons. The molecule has 0 saturated carbocycles. The third-order valence-electron chi connectivity index (χ3n) is 4.32. The van der Waals surface area contributed by atoms with Crippen LogP contribution in [0.25, 0.3) is 0 Å².